The number of halogens is 2. The molecule has 1 amide bonds. The number of amides is 1. The molecule has 2 aromatic carbocycles. The highest BCUT2D eigenvalue weighted by molar-refractivity contribution is 7.89. The maximum absolute atomic E-state index is 12.9. The summed E-state index contributed by atoms with van der Waals surface area (Å²) >= 11 is 11.8. The van der Waals surface area contributed by atoms with Crippen LogP contribution in [0.3, 0.4) is 0 Å². The lowest BCUT2D eigenvalue weighted by Gasteiger charge is -2.29. The van der Waals surface area contributed by atoms with Gasteiger partial charge in [0.25, 0.3) is 5.91 Å². The van der Waals surface area contributed by atoms with Crippen molar-refractivity contribution in [1.29, 1.82) is 0 Å². The van der Waals surface area contributed by atoms with Crippen LogP contribution in [0.15, 0.2) is 47.4 Å². The van der Waals surface area contributed by atoms with Crippen LogP contribution in [-0.4, -0.2) is 31.7 Å². The number of benzene rings is 2. The molecule has 8 heteroatoms. The van der Waals surface area contributed by atoms with Gasteiger partial charge in [0.15, 0.2) is 0 Å². The molecule has 1 heterocycles. The summed E-state index contributed by atoms with van der Waals surface area (Å²) in [5.41, 5.74) is 0.736. The lowest BCUT2D eigenvalue weighted by atomic mass is 10.0. The Hall–Kier alpha value is -1.60. The summed E-state index contributed by atoms with van der Waals surface area (Å²) < 4.78 is 27.2. The molecule has 144 valence electrons. The smallest absolute Gasteiger partial charge is 0.255 e. The average molecular weight is 427 g/mol. The molecule has 0 radical (unpaired) electrons. The summed E-state index contributed by atoms with van der Waals surface area (Å²) in [5, 5.41) is 3.41. The van der Waals surface area contributed by atoms with Crippen molar-refractivity contribution in [3.05, 3.63) is 58.1 Å². The van der Waals surface area contributed by atoms with Gasteiger partial charge in [-0.2, -0.15) is 4.31 Å². The van der Waals surface area contributed by atoms with Gasteiger partial charge < -0.3 is 5.32 Å². The Bertz CT molecular complexity index is 955. The van der Waals surface area contributed by atoms with Crippen LogP contribution in [0.4, 0.5) is 5.69 Å². The first-order chi connectivity index (χ1) is 12.8. The predicted octanol–water partition coefficient (Wildman–Crippen LogP) is 4.67. The summed E-state index contributed by atoms with van der Waals surface area (Å²) in [7, 11) is -3.61. The van der Waals surface area contributed by atoms with Crippen molar-refractivity contribution >= 4 is 44.8 Å². The van der Waals surface area contributed by atoms with Crippen molar-refractivity contribution in [2.45, 2.75) is 24.7 Å². The summed E-state index contributed by atoms with van der Waals surface area (Å²) in [5.74, 6) is 0.109. The Morgan fingerprint density at radius 2 is 1.78 bits per heavy atom. The molecule has 2 aromatic rings. The van der Waals surface area contributed by atoms with Gasteiger partial charge in [-0.05, 0) is 55.2 Å². The molecule has 0 spiro atoms. The Morgan fingerprint density at radius 3 is 2.44 bits per heavy atom. The van der Waals surface area contributed by atoms with E-state index >= 15 is 0 Å². The van der Waals surface area contributed by atoms with Crippen molar-refractivity contribution in [2.24, 2.45) is 5.92 Å². The second kappa shape index (κ2) is 8.19. The van der Waals surface area contributed by atoms with E-state index in [0.29, 0.717) is 34.7 Å². The van der Waals surface area contributed by atoms with Crippen molar-refractivity contribution in [3.8, 4) is 0 Å². The third-order valence-corrected chi connectivity index (χ3v) is 7.29. The largest absolute Gasteiger partial charge is 0.322 e. The maximum Gasteiger partial charge on any atom is 0.255 e. The first-order valence-electron chi connectivity index (χ1n) is 8.64. The molecule has 1 N–H and O–H groups in total. The highest BCUT2D eigenvalue weighted by Crippen LogP contribution is 2.26. The van der Waals surface area contributed by atoms with Crippen LogP contribution in [0.1, 0.15) is 30.1 Å². The number of piperidine rings is 1. The number of nitrogens with zero attached hydrogens (tertiary/aromatic N) is 1. The Kier molecular flexibility index (Phi) is 6.11. The van der Waals surface area contributed by atoms with E-state index in [-0.39, 0.29) is 10.5 Å². The second-order valence-electron chi connectivity index (χ2n) is 6.70. The van der Waals surface area contributed by atoms with Crippen LogP contribution >= 0.6 is 23.2 Å². The number of carbonyl (C=O) groups excluding carboxylic acids is 1. The van der Waals surface area contributed by atoms with Crippen LogP contribution in [0.25, 0.3) is 0 Å². The molecule has 0 unspecified atom stereocenters. The minimum atomic E-state index is -3.61. The molecule has 0 bridgehead atoms. The van der Waals surface area contributed by atoms with Crippen molar-refractivity contribution < 1.29 is 13.2 Å². The first-order valence-corrected chi connectivity index (χ1v) is 10.8. The fourth-order valence-electron chi connectivity index (χ4n) is 2.95. The normalized spacial score (nSPS) is 16.3. The molecule has 0 aromatic heterocycles. The number of sulfonamides is 1. The monoisotopic (exact) mass is 426 g/mol. The van der Waals surface area contributed by atoms with Crippen LogP contribution in [-0.2, 0) is 10.0 Å². The summed E-state index contributed by atoms with van der Waals surface area (Å²) in [6.45, 7) is 3.13. The van der Waals surface area contributed by atoms with Crippen molar-refractivity contribution in [1.82, 2.24) is 4.31 Å². The number of hydrogen-bond donors (Lipinski definition) is 1. The zero-order valence-electron chi connectivity index (χ0n) is 14.8. The van der Waals surface area contributed by atoms with Gasteiger partial charge in [0.2, 0.25) is 10.0 Å². The van der Waals surface area contributed by atoms with Crippen molar-refractivity contribution in [3.63, 3.8) is 0 Å². The molecular formula is C19H20Cl2N2O3S. The van der Waals surface area contributed by atoms with Crippen LogP contribution in [0, 0.1) is 5.92 Å². The fraction of sp³-hybridized carbons (Fsp3) is 0.316. The molecule has 1 aliphatic rings. The Morgan fingerprint density at radius 1 is 1.07 bits per heavy atom. The zero-order valence-corrected chi connectivity index (χ0v) is 17.1. The van der Waals surface area contributed by atoms with Gasteiger partial charge in [-0.1, -0.05) is 36.2 Å². The van der Waals surface area contributed by atoms with E-state index in [1.165, 1.54) is 22.5 Å². The van der Waals surface area contributed by atoms with Gasteiger partial charge in [-0.3, -0.25) is 4.79 Å². The molecule has 5 nitrogen and oxygen atoms in total. The van der Waals surface area contributed by atoms with Gasteiger partial charge in [-0.15, -0.1) is 0 Å². The number of carbonyl (C=O) groups is 1. The van der Waals surface area contributed by atoms with Crippen molar-refractivity contribution in [2.75, 3.05) is 18.4 Å². The first kappa shape index (κ1) is 20.1. The number of rotatable bonds is 4. The molecule has 0 saturated carbocycles. The summed E-state index contributed by atoms with van der Waals surface area (Å²) in [6, 6.07) is 10.8. The number of hydrogen-bond acceptors (Lipinski definition) is 3. The Balaban J connectivity index is 1.80. The summed E-state index contributed by atoms with van der Waals surface area (Å²) in [6.07, 6.45) is 1.69. The predicted molar refractivity (Wildman–Crippen MR) is 108 cm³/mol. The second-order valence-corrected chi connectivity index (χ2v) is 9.45. The molecule has 1 saturated heterocycles. The topological polar surface area (TPSA) is 66.5 Å². The van der Waals surface area contributed by atoms with E-state index in [4.69, 9.17) is 23.2 Å². The van der Waals surface area contributed by atoms with E-state index in [9.17, 15) is 13.2 Å². The lowest BCUT2D eigenvalue weighted by molar-refractivity contribution is 0.102. The molecule has 1 aliphatic heterocycles. The minimum absolute atomic E-state index is 0.124. The zero-order chi connectivity index (χ0) is 19.6. The standard InChI is InChI=1S/C19H20Cl2N2O3S/c1-13-7-9-23(10-8-13)27(25,26)16-4-2-3-14(11-16)19(24)22-15-5-6-17(20)18(21)12-15/h2-6,11-13H,7-10H2,1H3,(H,22,24). The van der Waals surface area contributed by atoms with Gasteiger partial charge in [0, 0.05) is 24.3 Å². The highest BCUT2D eigenvalue weighted by Gasteiger charge is 2.28. The molecule has 0 aliphatic carbocycles. The van der Waals surface area contributed by atoms with Crippen LogP contribution in [0.5, 0.6) is 0 Å². The van der Waals surface area contributed by atoms with E-state index in [2.05, 4.69) is 12.2 Å². The van der Waals surface area contributed by atoms with Gasteiger partial charge in [0.1, 0.15) is 0 Å². The van der Waals surface area contributed by atoms with E-state index in [1.807, 2.05) is 0 Å². The SMILES string of the molecule is CC1CCN(S(=O)(=O)c2cccc(C(=O)Nc3ccc(Cl)c(Cl)c3)c2)CC1. The van der Waals surface area contributed by atoms with Gasteiger partial charge >= 0.3 is 0 Å². The molecule has 0 atom stereocenters. The van der Waals surface area contributed by atoms with E-state index < -0.39 is 15.9 Å². The third kappa shape index (κ3) is 4.63. The number of anilines is 1. The third-order valence-electron chi connectivity index (χ3n) is 4.65. The van der Waals surface area contributed by atoms with E-state index in [1.54, 1.807) is 24.3 Å². The highest BCUT2D eigenvalue weighted by atomic mass is 35.5. The quantitative estimate of drug-likeness (QED) is 0.772. The van der Waals surface area contributed by atoms with Gasteiger partial charge in [0.05, 0.1) is 14.9 Å². The lowest BCUT2D eigenvalue weighted by Crippen LogP contribution is -2.37. The van der Waals surface area contributed by atoms with E-state index in [0.717, 1.165) is 12.8 Å². The molecule has 27 heavy (non-hydrogen) atoms. The Labute approximate surface area is 169 Å². The number of nitrogens with one attached hydrogen (secondary N) is 1. The molecule has 3 rings (SSSR count). The van der Waals surface area contributed by atoms with Crippen LogP contribution < -0.4 is 5.32 Å². The average Bonchev–Trinajstić information content (AvgIpc) is 2.65. The molecule has 1 fully saturated rings. The molecular weight excluding hydrogens is 407 g/mol. The maximum atomic E-state index is 12.9. The van der Waals surface area contributed by atoms with Crippen LogP contribution in [0.2, 0.25) is 10.0 Å². The van der Waals surface area contributed by atoms with Gasteiger partial charge in [-0.25, -0.2) is 8.42 Å². The fourth-order valence-corrected chi connectivity index (χ4v) is 4.76. The summed E-state index contributed by atoms with van der Waals surface area (Å²) in [4.78, 5) is 12.6. The minimum Gasteiger partial charge on any atom is -0.322 e.